The van der Waals surface area contributed by atoms with E-state index in [-0.39, 0.29) is 12.4 Å². The van der Waals surface area contributed by atoms with Crippen LogP contribution in [0.4, 0.5) is 0 Å². The van der Waals surface area contributed by atoms with Gasteiger partial charge in [0.15, 0.2) is 0 Å². The maximum atomic E-state index is 11.1. The van der Waals surface area contributed by atoms with Crippen molar-refractivity contribution in [2.75, 3.05) is 7.11 Å². The molecule has 0 radical (unpaired) electrons. The third-order valence-corrected chi connectivity index (χ3v) is 2.49. The third kappa shape index (κ3) is 2.72. The number of hydrogen-bond donors (Lipinski definition) is 0. The maximum absolute atomic E-state index is 11.1. The smallest absolute Gasteiger partial charge is 0.310 e. The summed E-state index contributed by atoms with van der Waals surface area (Å²) in [6.07, 6.45) is 5.91. The largest absolute Gasteiger partial charge is 0.469 e. The molecule has 4 heteroatoms. The molecule has 0 N–H and O–H groups in total. The van der Waals surface area contributed by atoms with E-state index in [4.69, 9.17) is 0 Å². The van der Waals surface area contributed by atoms with Gasteiger partial charge in [0.25, 0.3) is 0 Å². The van der Waals surface area contributed by atoms with E-state index in [1.165, 1.54) is 12.7 Å². The Hall–Kier alpha value is -2.10. The van der Waals surface area contributed by atoms with Gasteiger partial charge in [-0.2, -0.15) is 0 Å². The first-order chi connectivity index (χ1) is 8.19. The first kappa shape index (κ1) is 11.4. The lowest BCUT2D eigenvalue weighted by atomic mass is 10.2. The molecule has 0 amide bonds. The normalized spacial score (nSPS) is 10.2. The molecule has 17 heavy (non-hydrogen) atoms. The van der Waals surface area contributed by atoms with Crippen molar-refractivity contribution in [2.45, 2.75) is 13.3 Å². The number of rotatable bonds is 3. The van der Waals surface area contributed by atoms with Gasteiger partial charge in [-0.05, 0) is 30.2 Å². The number of carbonyl (C=O) groups excluding carboxylic acids is 1. The minimum atomic E-state index is -0.253. The minimum absolute atomic E-state index is 0.253. The van der Waals surface area contributed by atoms with Crippen molar-refractivity contribution in [1.82, 2.24) is 9.55 Å². The second-order valence-electron chi connectivity index (χ2n) is 3.87. The van der Waals surface area contributed by atoms with E-state index >= 15 is 0 Å². The molecule has 2 rings (SSSR count). The van der Waals surface area contributed by atoms with Crippen LogP contribution in [-0.4, -0.2) is 22.6 Å². The van der Waals surface area contributed by atoms with Crippen molar-refractivity contribution < 1.29 is 9.53 Å². The predicted octanol–water partition coefficient (Wildman–Crippen LogP) is 1.90. The van der Waals surface area contributed by atoms with Crippen LogP contribution in [0.3, 0.4) is 0 Å². The van der Waals surface area contributed by atoms with Crippen LogP contribution in [0.5, 0.6) is 0 Å². The quantitative estimate of drug-likeness (QED) is 0.756. The molecule has 0 atom stereocenters. The van der Waals surface area contributed by atoms with Crippen molar-refractivity contribution in [3.05, 3.63) is 47.9 Å². The fraction of sp³-hybridized carbons (Fsp3) is 0.231. The van der Waals surface area contributed by atoms with E-state index in [1.54, 1.807) is 6.20 Å². The third-order valence-electron chi connectivity index (χ3n) is 2.49. The molecular weight excluding hydrogens is 216 g/mol. The number of nitrogens with zero attached hydrogens (tertiary/aromatic N) is 2. The summed E-state index contributed by atoms with van der Waals surface area (Å²) >= 11 is 0. The van der Waals surface area contributed by atoms with Crippen molar-refractivity contribution in [1.29, 1.82) is 0 Å². The highest BCUT2D eigenvalue weighted by Gasteiger charge is 2.04. The number of aromatic nitrogens is 2. The average molecular weight is 230 g/mol. The van der Waals surface area contributed by atoms with Crippen LogP contribution in [0, 0.1) is 6.92 Å². The number of esters is 1. The van der Waals surface area contributed by atoms with Gasteiger partial charge in [0.1, 0.15) is 5.82 Å². The Labute approximate surface area is 99.9 Å². The Morgan fingerprint density at radius 3 is 2.76 bits per heavy atom. The van der Waals surface area contributed by atoms with Crippen LogP contribution >= 0.6 is 0 Å². The molecule has 4 nitrogen and oxygen atoms in total. The minimum Gasteiger partial charge on any atom is -0.469 e. The van der Waals surface area contributed by atoms with Crippen LogP contribution in [0.1, 0.15) is 11.1 Å². The average Bonchev–Trinajstić information content (AvgIpc) is 2.77. The zero-order valence-corrected chi connectivity index (χ0v) is 9.88. The predicted molar refractivity (Wildman–Crippen MR) is 64.0 cm³/mol. The summed E-state index contributed by atoms with van der Waals surface area (Å²) in [5.74, 6) is 0.586. The van der Waals surface area contributed by atoms with E-state index in [9.17, 15) is 4.79 Å². The molecule has 0 fully saturated rings. The summed E-state index contributed by atoms with van der Waals surface area (Å²) in [5.41, 5.74) is 2.04. The summed E-state index contributed by atoms with van der Waals surface area (Å²) < 4.78 is 6.54. The van der Waals surface area contributed by atoms with Gasteiger partial charge in [-0.3, -0.25) is 4.79 Å². The first-order valence-corrected chi connectivity index (χ1v) is 5.36. The van der Waals surface area contributed by atoms with Crippen molar-refractivity contribution in [3.8, 4) is 5.82 Å². The zero-order chi connectivity index (χ0) is 12.3. The lowest BCUT2D eigenvalue weighted by molar-refractivity contribution is -0.139. The lowest BCUT2D eigenvalue weighted by Gasteiger charge is -2.03. The van der Waals surface area contributed by atoms with E-state index in [2.05, 4.69) is 9.72 Å². The van der Waals surface area contributed by atoms with Gasteiger partial charge in [-0.15, -0.1) is 0 Å². The van der Waals surface area contributed by atoms with Crippen LogP contribution in [0.2, 0.25) is 0 Å². The second kappa shape index (κ2) is 4.82. The summed E-state index contributed by atoms with van der Waals surface area (Å²) in [7, 11) is 1.38. The zero-order valence-electron chi connectivity index (χ0n) is 9.88. The van der Waals surface area contributed by atoms with Crippen molar-refractivity contribution in [2.24, 2.45) is 0 Å². The Morgan fingerprint density at radius 2 is 2.24 bits per heavy atom. The molecule has 0 aliphatic rings. The van der Waals surface area contributed by atoms with Crippen LogP contribution < -0.4 is 0 Å². The molecule has 0 bridgehead atoms. The topological polar surface area (TPSA) is 44.1 Å². The summed E-state index contributed by atoms with van der Waals surface area (Å²) in [4.78, 5) is 15.4. The van der Waals surface area contributed by atoms with Gasteiger partial charge in [0, 0.05) is 18.6 Å². The molecule has 0 unspecified atom stereocenters. The molecule has 2 heterocycles. The van der Waals surface area contributed by atoms with Crippen molar-refractivity contribution in [3.63, 3.8) is 0 Å². The monoisotopic (exact) mass is 230 g/mol. The summed E-state index contributed by atoms with van der Waals surface area (Å²) in [6.45, 7) is 2.03. The van der Waals surface area contributed by atoms with Gasteiger partial charge in [0.2, 0.25) is 0 Å². The molecular formula is C13H14N2O2. The fourth-order valence-electron chi connectivity index (χ4n) is 1.56. The van der Waals surface area contributed by atoms with E-state index in [1.807, 2.05) is 42.1 Å². The molecule has 0 spiro atoms. The number of pyridine rings is 1. The fourth-order valence-corrected chi connectivity index (χ4v) is 1.56. The van der Waals surface area contributed by atoms with Gasteiger partial charge in [-0.1, -0.05) is 6.07 Å². The Kier molecular flexibility index (Phi) is 3.23. The molecule has 0 aliphatic heterocycles. The molecule has 88 valence electrons. The van der Waals surface area contributed by atoms with Gasteiger partial charge in [-0.25, -0.2) is 4.98 Å². The van der Waals surface area contributed by atoms with E-state index in [0.29, 0.717) is 0 Å². The van der Waals surface area contributed by atoms with E-state index < -0.39 is 0 Å². The van der Waals surface area contributed by atoms with Crippen molar-refractivity contribution >= 4 is 5.97 Å². The Morgan fingerprint density at radius 1 is 1.41 bits per heavy atom. The van der Waals surface area contributed by atoms with Gasteiger partial charge >= 0.3 is 5.97 Å². The van der Waals surface area contributed by atoms with E-state index in [0.717, 1.165) is 11.4 Å². The molecule has 2 aromatic heterocycles. The molecule has 0 aromatic carbocycles. The van der Waals surface area contributed by atoms with Gasteiger partial charge < -0.3 is 9.30 Å². The highest BCUT2D eigenvalue weighted by Crippen LogP contribution is 2.09. The van der Waals surface area contributed by atoms with Crippen LogP contribution in [0.25, 0.3) is 5.82 Å². The number of methoxy groups -OCH3 is 1. The van der Waals surface area contributed by atoms with Gasteiger partial charge in [0.05, 0.1) is 13.5 Å². The SMILES string of the molecule is COC(=O)Cc1ccc(-n2ccc(C)c2)nc1. The number of ether oxygens (including phenoxy) is 1. The summed E-state index contributed by atoms with van der Waals surface area (Å²) in [5, 5.41) is 0. The molecule has 2 aromatic rings. The number of hydrogen-bond acceptors (Lipinski definition) is 3. The van der Waals surface area contributed by atoms with Crippen LogP contribution in [-0.2, 0) is 16.0 Å². The molecule has 0 saturated carbocycles. The summed E-state index contributed by atoms with van der Waals surface area (Å²) in [6, 6.07) is 5.79. The maximum Gasteiger partial charge on any atom is 0.310 e. The Balaban J connectivity index is 2.15. The number of carbonyl (C=O) groups is 1. The highest BCUT2D eigenvalue weighted by atomic mass is 16.5. The Bertz CT molecular complexity index is 514. The molecule has 0 saturated heterocycles. The second-order valence-corrected chi connectivity index (χ2v) is 3.87. The molecule has 0 aliphatic carbocycles. The number of aryl methyl sites for hydroxylation is 1. The van der Waals surface area contributed by atoms with Crippen LogP contribution in [0.15, 0.2) is 36.8 Å². The standard InChI is InChI=1S/C13H14N2O2/c1-10-5-6-15(9-10)12-4-3-11(8-14-12)7-13(16)17-2/h3-6,8-9H,7H2,1-2H3. The lowest BCUT2D eigenvalue weighted by Crippen LogP contribution is -2.05. The first-order valence-electron chi connectivity index (χ1n) is 5.36. The highest BCUT2D eigenvalue weighted by molar-refractivity contribution is 5.72.